The van der Waals surface area contributed by atoms with Crippen LogP contribution >= 0.6 is 11.3 Å². The Morgan fingerprint density at radius 3 is 2.30 bits per heavy atom. The van der Waals surface area contributed by atoms with Gasteiger partial charge in [0.15, 0.2) is 0 Å². The first-order chi connectivity index (χ1) is 14.3. The van der Waals surface area contributed by atoms with Gasteiger partial charge in [-0.25, -0.2) is 0 Å². The van der Waals surface area contributed by atoms with Crippen LogP contribution in [0, 0.1) is 5.41 Å². The number of amides is 2. The van der Waals surface area contributed by atoms with Gasteiger partial charge in [0.05, 0.1) is 13.1 Å². The molecule has 0 spiro atoms. The van der Waals surface area contributed by atoms with Gasteiger partial charge in [-0.1, -0.05) is 57.2 Å². The van der Waals surface area contributed by atoms with Crippen LogP contribution in [0.3, 0.4) is 0 Å². The van der Waals surface area contributed by atoms with Crippen LogP contribution in [0.25, 0.3) is 0 Å². The third-order valence-electron chi connectivity index (χ3n) is 4.63. The van der Waals surface area contributed by atoms with Crippen molar-refractivity contribution in [1.82, 2.24) is 9.80 Å². The van der Waals surface area contributed by atoms with Gasteiger partial charge < -0.3 is 14.5 Å². The highest BCUT2D eigenvalue weighted by atomic mass is 32.1. The van der Waals surface area contributed by atoms with Gasteiger partial charge in [0.1, 0.15) is 0 Å². The van der Waals surface area contributed by atoms with E-state index in [-0.39, 0.29) is 23.8 Å². The van der Waals surface area contributed by atoms with Crippen molar-refractivity contribution in [2.45, 2.75) is 46.7 Å². The van der Waals surface area contributed by atoms with Gasteiger partial charge in [-0.2, -0.15) is 0 Å². The van der Waals surface area contributed by atoms with Crippen molar-refractivity contribution in [3.63, 3.8) is 0 Å². The molecule has 2 amide bonds. The molecule has 0 saturated heterocycles. The van der Waals surface area contributed by atoms with Crippen molar-refractivity contribution in [3.8, 4) is 0 Å². The zero-order valence-electron chi connectivity index (χ0n) is 18.6. The Bertz CT molecular complexity index is 770. The monoisotopic (exact) mass is 430 g/mol. The number of carbonyl (C=O) groups excluding carboxylic acids is 2. The molecule has 1 aromatic carbocycles. The van der Waals surface area contributed by atoms with Crippen LogP contribution in [0.1, 0.15) is 44.1 Å². The highest BCUT2D eigenvalue weighted by Gasteiger charge is 2.25. The fourth-order valence-corrected chi connectivity index (χ4v) is 3.87. The summed E-state index contributed by atoms with van der Waals surface area (Å²) < 4.78 is 5.14. The summed E-state index contributed by atoms with van der Waals surface area (Å²) in [5.74, 6) is -0.0188. The first-order valence-electron chi connectivity index (χ1n) is 10.4. The average Bonchev–Trinajstić information content (AvgIpc) is 3.19. The molecule has 164 valence electrons. The molecule has 0 saturated carbocycles. The Kier molecular flexibility index (Phi) is 9.53. The normalized spacial score (nSPS) is 11.3. The topological polar surface area (TPSA) is 49.9 Å². The second-order valence-electron chi connectivity index (χ2n) is 8.71. The maximum atomic E-state index is 13.3. The molecule has 30 heavy (non-hydrogen) atoms. The van der Waals surface area contributed by atoms with E-state index in [1.54, 1.807) is 23.3 Å². The van der Waals surface area contributed by atoms with Gasteiger partial charge >= 0.3 is 0 Å². The smallest absolute Gasteiger partial charge is 0.242 e. The van der Waals surface area contributed by atoms with E-state index in [9.17, 15) is 9.59 Å². The molecule has 6 heteroatoms. The fourth-order valence-electron chi connectivity index (χ4n) is 3.15. The molecule has 0 bridgehead atoms. The zero-order valence-corrected chi connectivity index (χ0v) is 19.4. The van der Waals surface area contributed by atoms with E-state index in [0.29, 0.717) is 39.1 Å². The van der Waals surface area contributed by atoms with Gasteiger partial charge in [-0.05, 0) is 28.8 Å². The number of hydrogen-bond donors (Lipinski definition) is 0. The molecule has 5 nitrogen and oxygen atoms in total. The van der Waals surface area contributed by atoms with E-state index in [1.165, 1.54) is 0 Å². The molecule has 0 aliphatic heterocycles. The molecule has 0 N–H and O–H groups in total. The van der Waals surface area contributed by atoms with E-state index < -0.39 is 0 Å². The van der Waals surface area contributed by atoms with Gasteiger partial charge in [0.2, 0.25) is 11.8 Å². The third kappa shape index (κ3) is 8.67. The van der Waals surface area contributed by atoms with Crippen LogP contribution in [-0.4, -0.2) is 48.4 Å². The second-order valence-corrected chi connectivity index (χ2v) is 9.75. The van der Waals surface area contributed by atoms with Crippen molar-refractivity contribution in [3.05, 3.63) is 58.3 Å². The van der Waals surface area contributed by atoms with Gasteiger partial charge in [-0.15, -0.1) is 11.3 Å². The van der Waals surface area contributed by atoms with Crippen molar-refractivity contribution in [1.29, 1.82) is 0 Å². The quantitative estimate of drug-likeness (QED) is 0.490. The highest BCUT2D eigenvalue weighted by molar-refractivity contribution is 7.09. The fraction of sp³-hybridized carbons (Fsp3) is 0.500. The standard InChI is InChI=1S/C24H34N2O3S/c1-24(2,3)16-22(27)25(13-9-14-29-4)19-23(28)26(18-21-12-8-15-30-21)17-20-10-6-5-7-11-20/h5-8,10-12,15H,9,13-14,16-19H2,1-4H3. The largest absolute Gasteiger partial charge is 0.385 e. The zero-order chi connectivity index (χ0) is 22.0. The first-order valence-corrected chi connectivity index (χ1v) is 11.3. The highest BCUT2D eigenvalue weighted by Crippen LogP contribution is 2.21. The summed E-state index contributed by atoms with van der Waals surface area (Å²) in [5, 5.41) is 2.02. The van der Waals surface area contributed by atoms with Gasteiger partial charge in [0.25, 0.3) is 0 Å². The maximum absolute atomic E-state index is 13.3. The SMILES string of the molecule is COCCCN(CC(=O)N(Cc1ccccc1)Cc1cccs1)C(=O)CC(C)(C)C. The maximum Gasteiger partial charge on any atom is 0.242 e. The number of hydrogen-bond acceptors (Lipinski definition) is 4. The lowest BCUT2D eigenvalue weighted by atomic mass is 9.91. The van der Waals surface area contributed by atoms with Gasteiger partial charge in [-0.3, -0.25) is 9.59 Å². The molecule has 1 aromatic heterocycles. The summed E-state index contributed by atoms with van der Waals surface area (Å²) in [6.07, 6.45) is 1.13. The number of rotatable bonds is 11. The lowest BCUT2D eigenvalue weighted by molar-refractivity contribution is -0.142. The lowest BCUT2D eigenvalue weighted by Crippen LogP contribution is -2.43. The molecule has 2 aromatic rings. The van der Waals surface area contributed by atoms with Crippen molar-refractivity contribution < 1.29 is 14.3 Å². The molecular weight excluding hydrogens is 396 g/mol. The summed E-state index contributed by atoms with van der Waals surface area (Å²) in [6.45, 7) is 8.37. The Morgan fingerprint density at radius 2 is 1.70 bits per heavy atom. The summed E-state index contributed by atoms with van der Waals surface area (Å²) in [6, 6.07) is 14.0. The van der Waals surface area contributed by atoms with E-state index in [4.69, 9.17) is 4.74 Å². The molecule has 1 heterocycles. The average molecular weight is 431 g/mol. The van der Waals surface area contributed by atoms with Crippen LogP contribution < -0.4 is 0 Å². The third-order valence-corrected chi connectivity index (χ3v) is 5.49. The number of methoxy groups -OCH3 is 1. The molecule has 0 aliphatic carbocycles. The summed E-state index contributed by atoms with van der Waals surface area (Å²) >= 11 is 1.64. The molecule has 2 rings (SSSR count). The minimum atomic E-state index is -0.125. The number of thiophene rings is 1. The van der Waals surface area contributed by atoms with Crippen LogP contribution in [-0.2, 0) is 27.4 Å². The van der Waals surface area contributed by atoms with Crippen LogP contribution in [0.2, 0.25) is 0 Å². The Balaban J connectivity index is 2.13. The predicted molar refractivity (Wildman–Crippen MR) is 122 cm³/mol. The molecule has 0 unspecified atom stereocenters. The molecule has 0 atom stereocenters. The van der Waals surface area contributed by atoms with E-state index in [0.717, 1.165) is 10.4 Å². The first kappa shape index (κ1) is 24.1. The van der Waals surface area contributed by atoms with Crippen molar-refractivity contribution >= 4 is 23.2 Å². The van der Waals surface area contributed by atoms with E-state index >= 15 is 0 Å². The Labute approximate surface area is 184 Å². The van der Waals surface area contributed by atoms with Crippen molar-refractivity contribution in [2.75, 3.05) is 26.8 Å². The molecular formula is C24H34N2O3S. The van der Waals surface area contributed by atoms with Crippen LogP contribution in [0.5, 0.6) is 0 Å². The van der Waals surface area contributed by atoms with E-state index in [2.05, 4.69) is 0 Å². The Morgan fingerprint density at radius 1 is 0.967 bits per heavy atom. The number of benzene rings is 1. The number of nitrogens with zero attached hydrogens (tertiary/aromatic N) is 2. The molecule has 0 radical (unpaired) electrons. The minimum Gasteiger partial charge on any atom is -0.385 e. The summed E-state index contributed by atoms with van der Waals surface area (Å²) in [4.78, 5) is 30.9. The minimum absolute atomic E-state index is 0.0164. The second kappa shape index (κ2) is 11.9. The van der Waals surface area contributed by atoms with Crippen LogP contribution in [0.15, 0.2) is 47.8 Å². The number of ether oxygens (including phenoxy) is 1. The Hall–Kier alpha value is -2.18. The molecule has 0 aliphatic rings. The van der Waals surface area contributed by atoms with Crippen LogP contribution in [0.4, 0.5) is 0 Å². The van der Waals surface area contributed by atoms with E-state index in [1.807, 2.05) is 73.5 Å². The summed E-state index contributed by atoms with van der Waals surface area (Å²) in [7, 11) is 1.65. The predicted octanol–water partition coefficient (Wildman–Crippen LogP) is 4.58. The van der Waals surface area contributed by atoms with Crippen molar-refractivity contribution in [2.24, 2.45) is 5.41 Å². The number of carbonyl (C=O) groups is 2. The summed E-state index contributed by atoms with van der Waals surface area (Å²) in [5.41, 5.74) is 0.953. The lowest BCUT2D eigenvalue weighted by Gasteiger charge is -2.29. The molecule has 0 fully saturated rings. The van der Waals surface area contributed by atoms with Gasteiger partial charge in [0, 0.05) is 38.1 Å².